The molecule has 0 saturated heterocycles. The van der Waals surface area contributed by atoms with Crippen molar-refractivity contribution in [3.8, 4) is 0 Å². The fourth-order valence-electron chi connectivity index (χ4n) is 1.19. The molecule has 1 aromatic carbocycles. The number of ether oxygens (including phenoxy) is 1. The van der Waals surface area contributed by atoms with E-state index in [9.17, 15) is 9.90 Å². The second-order valence-corrected chi connectivity index (χ2v) is 3.84. The molecule has 0 aromatic heterocycles. The zero-order chi connectivity index (χ0) is 13.5. The summed E-state index contributed by atoms with van der Waals surface area (Å²) in [6, 6.07) is 6.95. The first-order valence-corrected chi connectivity index (χ1v) is 5.79. The fourth-order valence-corrected chi connectivity index (χ4v) is 1.38. The molecule has 0 amide bonds. The van der Waals surface area contributed by atoms with Crippen LogP contribution in [0.5, 0.6) is 0 Å². The summed E-state index contributed by atoms with van der Waals surface area (Å²) >= 11 is 5.92. The molecular formula is C13H14ClNO3. The van der Waals surface area contributed by atoms with Crippen molar-refractivity contribution < 1.29 is 14.6 Å². The minimum absolute atomic E-state index is 0.0109. The highest BCUT2D eigenvalue weighted by Gasteiger charge is 2.11. The van der Waals surface area contributed by atoms with Crippen LogP contribution in [0.3, 0.4) is 0 Å². The maximum absolute atomic E-state index is 11.5. The van der Waals surface area contributed by atoms with E-state index >= 15 is 0 Å². The predicted molar refractivity (Wildman–Crippen MR) is 71.6 cm³/mol. The van der Waals surface area contributed by atoms with Crippen LogP contribution < -0.4 is 0 Å². The quantitative estimate of drug-likeness (QED) is 0.393. The van der Waals surface area contributed by atoms with Crippen LogP contribution in [0.25, 0.3) is 0 Å². The first kappa shape index (κ1) is 14.3. The summed E-state index contributed by atoms with van der Waals surface area (Å²) in [5.41, 5.74) is 0.527. The fraction of sp³-hybridized carbons (Fsp3) is 0.231. The number of hydrogen-bond acceptors (Lipinski definition) is 4. The number of hydrogen-bond donors (Lipinski definition) is 1. The van der Waals surface area contributed by atoms with E-state index in [1.807, 2.05) is 0 Å². The van der Waals surface area contributed by atoms with Gasteiger partial charge in [-0.3, -0.25) is 4.99 Å². The summed E-state index contributed by atoms with van der Waals surface area (Å²) in [5, 5.41) is 9.88. The molecule has 0 saturated carbocycles. The minimum Gasteiger partial charge on any atom is -0.512 e. The Balaban J connectivity index is 2.96. The number of halogens is 1. The third-order valence-corrected chi connectivity index (χ3v) is 2.39. The molecule has 0 aliphatic rings. The molecule has 96 valence electrons. The predicted octanol–water partition coefficient (Wildman–Crippen LogP) is 3.44. The number of aliphatic hydroxyl groups is 1. The third kappa shape index (κ3) is 3.89. The summed E-state index contributed by atoms with van der Waals surface area (Å²) in [7, 11) is 0. The smallest absolute Gasteiger partial charge is 0.343 e. The van der Waals surface area contributed by atoms with Crippen molar-refractivity contribution in [1.82, 2.24) is 0 Å². The van der Waals surface area contributed by atoms with Crippen LogP contribution >= 0.6 is 11.6 Å². The summed E-state index contributed by atoms with van der Waals surface area (Å²) in [4.78, 5) is 15.6. The van der Waals surface area contributed by atoms with E-state index in [4.69, 9.17) is 16.3 Å². The third-order valence-electron chi connectivity index (χ3n) is 2.07. The second kappa shape index (κ2) is 6.81. The van der Waals surface area contributed by atoms with E-state index in [-0.39, 0.29) is 17.9 Å². The Morgan fingerprint density at radius 3 is 2.72 bits per heavy atom. The molecule has 0 atom stereocenters. The number of carbonyl (C=O) groups is 1. The largest absolute Gasteiger partial charge is 0.512 e. The van der Waals surface area contributed by atoms with Gasteiger partial charge in [0.25, 0.3) is 0 Å². The van der Waals surface area contributed by atoms with Gasteiger partial charge in [0, 0.05) is 6.21 Å². The Bertz CT molecular complexity index is 491. The standard InChI is InChI=1S/C13H14ClNO3/c1-3-18-13(17)10(9(2)16)8-15-12-7-5-4-6-11(12)14/h4-8,16H,3H2,1-2H3/b10-9-,15-8?. The van der Waals surface area contributed by atoms with E-state index in [1.165, 1.54) is 13.1 Å². The molecule has 0 bridgehead atoms. The van der Waals surface area contributed by atoms with Crippen molar-refractivity contribution in [1.29, 1.82) is 0 Å². The lowest BCUT2D eigenvalue weighted by molar-refractivity contribution is -0.138. The molecular weight excluding hydrogens is 254 g/mol. The number of rotatable bonds is 4. The maximum atomic E-state index is 11.5. The molecule has 0 heterocycles. The lowest BCUT2D eigenvalue weighted by Crippen LogP contribution is -2.10. The van der Waals surface area contributed by atoms with Crippen LogP contribution in [0, 0.1) is 0 Å². The number of para-hydroxylation sites is 1. The van der Waals surface area contributed by atoms with Crippen molar-refractivity contribution in [2.45, 2.75) is 13.8 Å². The van der Waals surface area contributed by atoms with E-state index in [0.717, 1.165) is 0 Å². The number of aliphatic hydroxyl groups excluding tert-OH is 1. The van der Waals surface area contributed by atoms with E-state index in [2.05, 4.69) is 4.99 Å². The van der Waals surface area contributed by atoms with Crippen molar-refractivity contribution in [3.05, 3.63) is 40.6 Å². The molecule has 0 unspecified atom stereocenters. The van der Waals surface area contributed by atoms with Crippen LogP contribution in [0.1, 0.15) is 13.8 Å². The summed E-state index contributed by atoms with van der Waals surface area (Å²) in [6.07, 6.45) is 1.24. The first-order chi connectivity index (χ1) is 8.56. The van der Waals surface area contributed by atoms with Crippen LogP contribution in [-0.2, 0) is 9.53 Å². The Kier molecular flexibility index (Phi) is 5.39. The maximum Gasteiger partial charge on any atom is 0.343 e. The van der Waals surface area contributed by atoms with Crippen LogP contribution in [-0.4, -0.2) is 23.9 Å². The van der Waals surface area contributed by atoms with E-state index in [0.29, 0.717) is 10.7 Å². The van der Waals surface area contributed by atoms with Gasteiger partial charge in [-0.2, -0.15) is 0 Å². The molecule has 0 fully saturated rings. The molecule has 5 heteroatoms. The highest BCUT2D eigenvalue weighted by Crippen LogP contribution is 2.23. The Morgan fingerprint density at radius 1 is 1.50 bits per heavy atom. The number of aliphatic imine (C=N–C) groups is 1. The van der Waals surface area contributed by atoms with E-state index in [1.54, 1.807) is 31.2 Å². The monoisotopic (exact) mass is 267 g/mol. The normalized spacial score (nSPS) is 12.4. The molecule has 0 aliphatic carbocycles. The Labute approximate surface area is 111 Å². The number of esters is 1. The number of benzene rings is 1. The van der Waals surface area contributed by atoms with Crippen molar-refractivity contribution in [3.63, 3.8) is 0 Å². The molecule has 18 heavy (non-hydrogen) atoms. The lowest BCUT2D eigenvalue weighted by atomic mass is 10.2. The average molecular weight is 268 g/mol. The van der Waals surface area contributed by atoms with Gasteiger partial charge in [-0.25, -0.2) is 4.79 Å². The summed E-state index contributed by atoms with van der Waals surface area (Å²) in [5.74, 6) is -0.766. The highest BCUT2D eigenvalue weighted by atomic mass is 35.5. The number of carbonyl (C=O) groups excluding carboxylic acids is 1. The average Bonchev–Trinajstić information content (AvgIpc) is 2.31. The topological polar surface area (TPSA) is 58.9 Å². The van der Waals surface area contributed by atoms with Crippen LogP contribution in [0.15, 0.2) is 40.6 Å². The van der Waals surface area contributed by atoms with Gasteiger partial charge >= 0.3 is 5.97 Å². The molecule has 4 nitrogen and oxygen atoms in total. The van der Waals surface area contributed by atoms with Crippen molar-refractivity contribution in [2.24, 2.45) is 4.99 Å². The van der Waals surface area contributed by atoms with Gasteiger partial charge in [0.2, 0.25) is 0 Å². The van der Waals surface area contributed by atoms with Gasteiger partial charge in [0.1, 0.15) is 11.3 Å². The lowest BCUT2D eigenvalue weighted by Gasteiger charge is -2.03. The van der Waals surface area contributed by atoms with Crippen LogP contribution in [0.4, 0.5) is 5.69 Å². The van der Waals surface area contributed by atoms with E-state index < -0.39 is 5.97 Å². The zero-order valence-electron chi connectivity index (χ0n) is 10.2. The minimum atomic E-state index is -0.617. The van der Waals surface area contributed by atoms with Gasteiger partial charge in [-0.05, 0) is 26.0 Å². The van der Waals surface area contributed by atoms with Crippen molar-refractivity contribution >= 4 is 29.5 Å². The second-order valence-electron chi connectivity index (χ2n) is 3.43. The molecule has 1 aromatic rings. The van der Waals surface area contributed by atoms with Crippen molar-refractivity contribution in [2.75, 3.05) is 6.61 Å². The molecule has 1 rings (SSSR count). The van der Waals surface area contributed by atoms with Gasteiger partial charge in [-0.15, -0.1) is 0 Å². The number of allylic oxidation sites excluding steroid dienone is 1. The Morgan fingerprint density at radius 2 is 2.17 bits per heavy atom. The summed E-state index contributed by atoms with van der Waals surface area (Å²) < 4.78 is 4.80. The van der Waals surface area contributed by atoms with Gasteiger partial charge < -0.3 is 9.84 Å². The number of nitrogens with zero attached hydrogens (tertiary/aromatic N) is 1. The molecule has 0 aliphatic heterocycles. The molecule has 0 radical (unpaired) electrons. The summed E-state index contributed by atoms with van der Waals surface area (Å²) in [6.45, 7) is 3.31. The Hall–Kier alpha value is -1.81. The van der Waals surface area contributed by atoms with Gasteiger partial charge in [0.05, 0.1) is 17.3 Å². The zero-order valence-corrected chi connectivity index (χ0v) is 10.9. The van der Waals surface area contributed by atoms with Crippen LogP contribution in [0.2, 0.25) is 5.02 Å². The molecule has 1 N–H and O–H groups in total. The molecule has 0 spiro atoms. The first-order valence-electron chi connectivity index (χ1n) is 5.41. The van der Waals surface area contributed by atoms with Gasteiger partial charge in [-0.1, -0.05) is 23.7 Å². The SMILES string of the molecule is CCOC(=O)/C(C=Nc1ccccc1Cl)=C(/C)O. The highest BCUT2D eigenvalue weighted by molar-refractivity contribution is 6.33. The van der Waals surface area contributed by atoms with Gasteiger partial charge in [0.15, 0.2) is 0 Å².